The summed E-state index contributed by atoms with van der Waals surface area (Å²) in [6, 6.07) is 20.7. The van der Waals surface area contributed by atoms with E-state index >= 15 is 0 Å². The summed E-state index contributed by atoms with van der Waals surface area (Å²) in [6.45, 7) is 16.0. The zero-order chi connectivity index (χ0) is 17.8. The van der Waals surface area contributed by atoms with Crippen LogP contribution in [0, 0.1) is 0 Å². The van der Waals surface area contributed by atoms with E-state index in [1.165, 1.54) is 11.4 Å². The van der Waals surface area contributed by atoms with Gasteiger partial charge >= 0.3 is 0 Å². The highest BCUT2D eigenvalue weighted by atomic mass is 15.1. The van der Waals surface area contributed by atoms with Crippen molar-refractivity contribution in [2.45, 2.75) is 55.4 Å². The number of para-hydroxylation sites is 2. The number of anilines is 2. The maximum Gasteiger partial charge on any atom is 0.0408 e. The van der Waals surface area contributed by atoms with Crippen LogP contribution in [0.25, 0.3) is 0 Å². The van der Waals surface area contributed by atoms with E-state index in [1.807, 2.05) is 67.5 Å². The van der Waals surface area contributed by atoms with Crippen LogP contribution in [0.3, 0.4) is 0 Å². The predicted octanol–water partition coefficient (Wildman–Crippen LogP) is 7.56. The van der Waals surface area contributed by atoms with Crippen LogP contribution in [0.1, 0.15) is 55.4 Å². The molecular weight excluding hydrogens is 266 g/mol. The zero-order valence-corrected chi connectivity index (χ0v) is 16.2. The molecule has 0 aliphatic rings. The molecule has 0 radical (unpaired) electrons. The van der Waals surface area contributed by atoms with Crippen molar-refractivity contribution in [1.82, 2.24) is 0 Å². The molecule has 0 aliphatic carbocycles. The molecule has 1 nitrogen and oxygen atoms in total. The van der Waals surface area contributed by atoms with Crippen LogP contribution in [0.2, 0.25) is 0 Å². The summed E-state index contributed by atoms with van der Waals surface area (Å²) in [7, 11) is 2.07. The van der Waals surface area contributed by atoms with Crippen LogP contribution in [0.4, 0.5) is 11.4 Å². The highest BCUT2D eigenvalue weighted by Crippen LogP contribution is 2.21. The minimum atomic E-state index is 1.21. The molecule has 2 aromatic carbocycles. The maximum absolute atomic E-state index is 2.17. The minimum Gasteiger partial charge on any atom is -0.345 e. The lowest BCUT2D eigenvalue weighted by Crippen LogP contribution is -2.08. The fourth-order valence-corrected chi connectivity index (χ4v) is 1.45. The van der Waals surface area contributed by atoms with E-state index in [9.17, 15) is 0 Å². The van der Waals surface area contributed by atoms with Crippen LogP contribution in [0.5, 0.6) is 0 Å². The molecule has 0 heterocycles. The molecule has 1 heteroatoms. The predicted molar refractivity (Wildman–Crippen MR) is 106 cm³/mol. The Morgan fingerprint density at radius 1 is 0.455 bits per heavy atom. The lowest BCUT2D eigenvalue weighted by molar-refractivity contribution is 1.21. The van der Waals surface area contributed by atoms with E-state index in [2.05, 4.69) is 60.5 Å². The molecule has 126 valence electrons. The maximum atomic E-state index is 2.17. The topological polar surface area (TPSA) is 3.24 Å². The monoisotopic (exact) mass is 303 g/mol. The Hall–Kier alpha value is -1.76. The van der Waals surface area contributed by atoms with Gasteiger partial charge in [-0.15, -0.1) is 0 Å². The summed E-state index contributed by atoms with van der Waals surface area (Å²) >= 11 is 0. The van der Waals surface area contributed by atoms with Gasteiger partial charge in [-0.3, -0.25) is 0 Å². The SMILES string of the molecule is CC.CC.CC.CC.CN(c1ccccc1)c1ccccc1. The first-order chi connectivity index (χ1) is 10.9. The lowest BCUT2D eigenvalue weighted by Gasteiger charge is -2.18. The standard InChI is InChI=1S/C13H13N.4C2H6/c1-14(12-8-4-2-5-9-12)13-10-6-3-7-11-13;4*1-2/h2-11H,1H3;4*1-2H3. The van der Waals surface area contributed by atoms with Crippen LogP contribution in [0.15, 0.2) is 60.7 Å². The molecule has 0 amide bonds. The number of hydrogen-bond donors (Lipinski definition) is 0. The van der Waals surface area contributed by atoms with Gasteiger partial charge in [-0.2, -0.15) is 0 Å². The van der Waals surface area contributed by atoms with Crippen molar-refractivity contribution in [3.63, 3.8) is 0 Å². The van der Waals surface area contributed by atoms with Crippen molar-refractivity contribution >= 4 is 11.4 Å². The Labute approximate surface area is 140 Å². The van der Waals surface area contributed by atoms with Gasteiger partial charge in [0, 0.05) is 18.4 Å². The van der Waals surface area contributed by atoms with E-state index in [1.54, 1.807) is 0 Å². The number of benzene rings is 2. The fourth-order valence-electron chi connectivity index (χ4n) is 1.45. The van der Waals surface area contributed by atoms with E-state index in [-0.39, 0.29) is 0 Å². The van der Waals surface area contributed by atoms with E-state index < -0.39 is 0 Å². The first kappa shape index (κ1) is 25.2. The quantitative estimate of drug-likeness (QED) is 0.553. The molecule has 0 saturated heterocycles. The summed E-state index contributed by atoms with van der Waals surface area (Å²) in [5, 5.41) is 0. The number of rotatable bonds is 2. The average molecular weight is 304 g/mol. The lowest BCUT2D eigenvalue weighted by atomic mass is 10.2. The summed E-state index contributed by atoms with van der Waals surface area (Å²) in [5.41, 5.74) is 2.41. The summed E-state index contributed by atoms with van der Waals surface area (Å²) in [5.74, 6) is 0. The normalized spacial score (nSPS) is 7.32. The largest absolute Gasteiger partial charge is 0.345 e. The second kappa shape index (κ2) is 21.5. The van der Waals surface area contributed by atoms with Crippen molar-refractivity contribution in [3.8, 4) is 0 Å². The van der Waals surface area contributed by atoms with Crippen molar-refractivity contribution in [2.24, 2.45) is 0 Å². The summed E-state index contributed by atoms with van der Waals surface area (Å²) < 4.78 is 0. The Bertz CT molecular complexity index is 342. The average Bonchev–Trinajstić information content (AvgIpc) is 2.69. The Kier molecular flexibility index (Phi) is 24.7. The van der Waals surface area contributed by atoms with Crippen molar-refractivity contribution in [1.29, 1.82) is 0 Å². The highest BCUT2D eigenvalue weighted by Gasteiger charge is 2.00. The van der Waals surface area contributed by atoms with Crippen molar-refractivity contribution in [2.75, 3.05) is 11.9 Å². The third-order valence-corrected chi connectivity index (χ3v) is 2.29. The minimum absolute atomic E-state index is 1.21. The second-order valence-corrected chi connectivity index (χ2v) is 3.23. The van der Waals surface area contributed by atoms with E-state index in [0.717, 1.165) is 0 Å². The molecule has 0 atom stereocenters. The molecule has 0 saturated carbocycles. The molecule has 2 rings (SSSR count). The first-order valence-corrected chi connectivity index (χ1v) is 8.72. The van der Waals surface area contributed by atoms with Gasteiger partial charge in [0.05, 0.1) is 0 Å². The van der Waals surface area contributed by atoms with E-state index in [4.69, 9.17) is 0 Å². The van der Waals surface area contributed by atoms with Gasteiger partial charge in [-0.25, -0.2) is 0 Å². The van der Waals surface area contributed by atoms with Crippen molar-refractivity contribution < 1.29 is 0 Å². The third-order valence-electron chi connectivity index (χ3n) is 2.29. The summed E-state index contributed by atoms with van der Waals surface area (Å²) in [6.07, 6.45) is 0. The molecule has 2 aromatic rings. The molecule has 0 bridgehead atoms. The Morgan fingerprint density at radius 2 is 0.682 bits per heavy atom. The van der Waals surface area contributed by atoms with Gasteiger partial charge in [0.1, 0.15) is 0 Å². The Morgan fingerprint density at radius 3 is 0.909 bits per heavy atom. The smallest absolute Gasteiger partial charge is 0.0408 e. The van der Waals surface area contributed by atoms with Gasteiger partial charge in [0.25, 0.3) is 0 Å². The van der Waals surface area contributed by atoms with Gasteiger partial charge in [0.2, 0.25) is 0 Å². The van der Waals surface area contributed by atoms with Crippen LogP contribution < -0.4 is 4.90 Å². The van der Waals surface area contributed by atoms with Gasteiger partial charge in [0.15, 0.2) is 0 Å². The molecule has 22 heavy (non-hydrogen) atoms. The molecular formula is C21H37N. The molecule has 0 spiro atoms. The summed E-state index contributed by atoms with van der Waals surface area (Å²) in [4.78, 5) is 2.17. The van der Waals surface area contributed by atoms with Gasteiger partial charge in [-0.05, 0) is 24.3 Å². The van der Waals surface area contributed by atoms with Crippen molar-refractivity contribution in [3.05, 3.63) is 60.7 Å². The molecule has 0 aliphatic heterocycles. The fraction of sp³-hybridized carbons (Fsp3) is 0.429. The Balaban J connectivity index is -0.000000394. The van der Waals surface area contributed by atoms with E-state index in [0.29, 0.717) is 0 Å². The molecule has 0 fully saturated rings. The molecule has 0 aromatic heterocycles. The molecule has 0 unspecified atom stereocenters. The number of nitrogens with zero attached hydrogens (tertiary/aromatic N) is 1. The third kappa shape index (κ3) is 11.0. The van der Waals surface area contributed by atoms with Crippen LogP contribution >= 0.6 is 0 Å². The first-order valence-electron chi connectivity index (χ1n) is 8.72. The number of hydrogen-bond acceptors (Lipinski definition) is 1. The van der Waals surface area contributed by atoms with Crippen LogP contribution in [-0.4, -0.2) is 7.05 Å². The molecule has 0 N–H and O–H groups in total. The van der Waals surface area contributed by atoms with Crippen LogP contribution in [-0.2, 0) is 0 Å². The van der Waals surface area contributed by atoms with Gasteiger partial charge < -0.3 is 4.90 Å². The van der Waals surface area contributed by atoms with Gasteiger partial charge in [-0.1, -0.05) is 91.8 Å². The second-order valence-electron chi connectivity index (χ2n) is 3.23. The highest BCUT2D eigenvalue weighted by molar-refractivity contribution is 5.61. The zero-order valence-electron chi connectivity index (χ0n) is 16.2.